The van der Waals surface area contributed by atoms with Gasteiger partial charge in [-0.25, -0.2) is 0 Å². The number of carbonyl (C=O) groups is 2. The van der Waals surface area contributed by atoms with E-state index in [0.717, 1.165) is 47.6 Å². The zero-order chi connectivity index (χ0) is 26.2. The van der Waals surface area contributed by atoms with Crippen molar-refractivity contribution in [2.45, 2.75) is 130 Å². The molecule has 2 aromatic rings. The van der Waals surface area contributed by atoms with Crippen molar-refractivity contribution in [1.82, 2.24) is 0 Å². The van der Waals surface area contributed by atoms with Gasteiger partial charge in [0.25, 0.3) is 0 Å². The van der Waals surface area contributed by atoms with Crippen LogP contribution in [0.15, 0.2) is 24.3 Å². The minimum absolute atomic E-state index is 0.197. The summed E-state index contributed by atoms with van der Waals surface area (Å²) in [5.41, 5.74) is 1.87. The molecule has 0 atom stereocenters. The van der Waals surface area contributed by atoms with Crippen molar-refractivity contribution >= 4 is 22.7 Å². The molecule has 200 valence electrons. The molecule has 0 radical (unpaired) electrons. The van der Waals surface area contributed by atoms with Gasteiger partial charge in [-0.05, 0) is 44.4 Å². The van der Waals surface area contributed by atoms with Gasteiger partial charge in [-0.1, -0.05) is 109 Å². The van der Waals surface area contributed by atoms with E-state index in [2.05, 4.69) is 13.8 Å². The Morgan fingerprint density at radius 2 is 1.11 bits per heavy atom. The third-order valence-electron chi connectivity index (χ3n) is 6.80. The fourth-order valence-electron chi connectivity index (χ4n) is 4.62. The van der Waals surface area contributed by atoms with Crippen LogP contribution >= 0.6 is 0 Å². The lowest BCUT2D eigenvalue weighted by molar-refractivity contribution is -0.135. The minimum atomic E-state index is -0.200. The molecule has 36 heavy (non-hydrogen) atoms. The van der Waals surface area contributed by atoms with Crippen LogP contribution in [0.5, 0.6) is 11.5 Å². The van der Waals surface area contributed by atoms with Crippen LogP contribution in [0.3, 0.4) is 0 Å². The number of unbranched alkanes of at least 4 members (excludes halogenated alkanes) is 12. The minimum Gasteiger partial charge on any atom is -0.426 e. The summed E-state index contributed by atoms with van der Waals surface area (Å²) in [6, 6.07) is 7.79. The van der Waals surface area contributed by atoms with E-state index in [1.54, 1.807) is 0 Å². The normalized spacial score (nSPS) is 11.1. The van der Waals surface area contributed by atoms with Gasteiger partial charge < -0.3 is 9.47 Å². The Kier molecular flexibility index (Phi) is 14.2. The summed E-state index contributed by atoms with van der Waals surface area (Å²) in [6.07, 6.45) is 17.1. The maximum Gasteiger partial charge on any atom is 0.311 e. The Bertz CT molecular complexity index is 947. The average Bonchev–Trinajstić information content (AvgIpc) is 2.85. The highest BCUT2D eigenvalue weighted by atomic mass is 16.5. The van der Waals surface area contributed by atoms with Crippen LogP contribution < -0.4 is 9.47 Å². The quantitative estimate of drug-likeness (QED) is 0.117. The molecule has 2 aromatic carbocycles. The van der Waals surface area contributed by atoms with Crippen LogP contribution in [-0.4, -0.2) is 11.9 Å². The first-order chi connectivity index (χ1) is 17.5. The van der Waals surface area contributed by atoms with Crippen LogP contribution in [-0.2, 0) is 9.59 Å². The van der Waals surface area contributed by atoms with Gasteiger partial charge in [0.1, 0.15) is 11.5 Å². The monoisotopic (exact) mass is 496 g/mol. The second-order valence-corrected chi connectivity index (χ2v) is 10.3. The number of benzene rings is 2. The number of aryl methyl sites for hydroxylation is 2. The predicted molar refractivity (Wildman–Crippen MR) is 150 cm³/mol. The highest BCUT2D eigenvalue weighted by Gasteiger charge is 2.17. The molecule has 0 spiro atoms. The second kappa shape index (κ2) is 17.2. The summed E-state index contributed by atoms with van der Waals surface area (Å²) in [5.74, 6) is 0.725. The zero-order valence-electron chi connectivity index (χ0n) is 23.3. The number of fused-ring (bicyclic) bond motifs is 1. The molecule has 0 amide bonds. The highest BCUT2D eigenvalue weighted by Crippen LogP contribution is 2.37. The fourth-order valence-corrected chi connectivity index (χ4v) is 4.62. The van der Waals surface area contributed by atoms with Crippen LogP contribution in [0.25, 0.3) is 10.8 Å². The maximum atomic E-state index is 12.6. The second-order valence-electron chi connectivity index (χ2n) is 10.3. The van der Waals surface area contributed by atoms with Crippen LogP contribution in [0, 0.1) is 13.8 Å². The third kappa shape index (κ3) is 10.7. The smallest absolute Gasteiger partial charge is 0.311 e. The highest BCUT2D eigenvalue weighted by molar-refractivity contribution is 5.97. The average molecular weight is 497 g/mol. The van der Waals surface area contributed by atoms with Crippen LogP contribution in [0.1, 0.15) is 128 Å². The largest absolute Gasteiger partial charge is 0.426 e. The van der Waals surface area contributed by atoms with Crippen molar-refractivity contribution in [3.63, 3.8) is 0 Å². The molecular formula is C32H48O4. The van der Waals surface area contributed by atoms with Gasteiger partial charge in [0.2, 0.25) is 0 Å². The van der Waals surface area contributed by atoms with Gasteiger partial charge in [0.15, 0.2) is 0 Å². The third-order valence-corrected chi connectivity index (χ3v) is 6.80. The van der Waals surface area contributed by atoms with E-state index in [9.17, 15) is 9.59 Å². The number of ether oxygens (including phenoxy) is 2. The van der Waals surface area contributed by atoms with Gasteiger partial charge in [-0.15, -0.1) is 0 Å². The molecule has 0 heterocycles. The van der Waals surface area contributed by atoms with E-state index in [1.165, 1.54) is 64.2 Å². The Labute approximate surface area is 219 Å². The summed E-state index contributed by atoms with van der Waals surface area (Å²) in [6.45, 7) is 8.35. The molecule has 4 heteroatoms. The van der Waals surface area contributed by atoms with E-state index < -0.39 is 0 Å². The van der Waals surface area contributed by atoms with Crippen molar-refractivity contribution in [3.8, 4) is 11.5 Å². The molecule has 0 aliphatic carbocycles. The van der Waals surface area contributed by atoms with Gasteiger partial charge in [0, 0.05) is 23.6 Å². The molecule has 2 rings (SSSR count). The molecule has 4 nitrogen and oxygen atoms in total. The van der Waals surface area contributed by atoms with E-state index in [-0.39, 0.29) is 11.9 Å². The lowest BCUT2D eigenvalue weighted by atomic mass is 10.0. The van der Waals surface area contributed by atoms with Crippen LogP contribution in [0.2, 0.25) is 0 Å². The van der Waals surface area contributed by atoms with Crippen LogP contribution in [0.4, 0.5) is 0 Å². The lowest BCUT2D eigenvalue weighted by Gasteiger charge is -2.15. The molecule has 0 N–H and O–H groups in total. The first-order valence-electron chi connectivity index (χ1n) is 14.4. The number of rotatable bonds is 18. The predicted octanol–water partition coefficient (Wildman–Crippen LogP) is 9.55. The number of esters is 2. The van der Waals surface area contributed by atoms with Crippen molar-refractivity contribution in [2.24, 2.45) is 0 Å². The molecule has 0 saturated carbocycles. The molecule has 0 aliphatic rings. The summed E-state index contributed by atoms with van der Waals surface area (Å²) < 4.78 is 11.7. The maximum absolute atomic E-state index is 12.6. The van der Waals surface area contributed by atoms with Crippen molar-refractivity contribution in [1.29, 1.82) is 0 Å². The fraction of sp³-hybridized carbons (Fsp3) is 0.625. The number of carbonyl (C=O) groups excluding carboxylic acids is 2. The molecule has 0 bridgehead atoms. The first kappa shape index (κ1) is 29.9. The number of hydrogen-bond donors (Lipinski definition) is 0. The Balaban J connectivity index is 1.96. The molecule has 0 aliphatic heterocycles. The van der Waals surface area contributed by atoms with E-state index >= 15 is 0 Å². The van der Waals surface area contributed by atoms with Crippen molar-refractivity contribution < 1.29 is 19.1 Å². The Morgan fingerprint density at radius 3 is 1.67 bits per heavy atom. The van der Waals surface area contributed by atoms with Crippen molar-refractivity contribution in [2.75, 3.05) is 0 Å². The summed E-state index contributed by atoms with van der Waals surface area (Å²) >= 11 is 0. The topological polar surface area (TPSA) is 52.6 Å². The molecular weight excluding hydrogens is 448 g/mol. The summed E-state index contributed by atoms with van der Waals surface area (Å²) in [7, 11) is 0. The molecule has 0 fully saturated rings. The van der Waals surface area contributed by atoms with E-state index in [0.29, 0.717) is 24.3 Å². The zero-order valence-corrected chi connectivity index (χ0v) is 23.3. The Hall–Kier alpha value is -2.36. The molecule has 0 unspecified atom stereocenters. The van der Waals surface area contributed by atoms with Gasteiger partial charge in [-0.3, -0.25) is 9.59 Å². The van der Waals surface area contributed by atoms with Gasteiger partial charge in [0.05, 0.1) is 0 Å². The standard InChI is InChI=1S/C32H48O4/c1-5-7-9-11-13-15-17-19-30(33)35-29-24-26(4)32(27-22-21-25(3)23-28(27)29)36-31(34)20-18-16-14-12-10-8-6-2/h21-24H,5-20H2,1-4H3. The van der Waals surface area contributed by atoms with Gasteiger partial charge >= 0.3 is 11.9 Å². The SMILES string of the molecule is CCCCCCCCCC(=O)Oc1cc(C)c(OC(=O)CCCCCCCCC)c2ccc(C)cc12. The summed E-state index contributed by atoms with van der Waals surface area (Å²) in [4.78, 5) is 25.2. The van der Waals surface area contributed by atoms with Crippen molar-refractivity contribution in [3.05, 3.63) is 35.4 Å². The van der Waals surface area contributed by atoms with E-state index in [4.69, 9.17) is 9.47 Å². The summed E-state index contributed by atoms with van der Waals surface area (Å²) in [5, 5.41) is 1.62. The number of hydrogen-bond acceptors (Lipinski definition) is 4. The molecule has 0 saturated heterocycles. The lowest BCUT2D eigenvalue weighted by Crippen LogP contribution is -2.11. The van der Waals surface area contributed by atoms with Gasteiger partial charge in [-0.2, -0.15) is 0 Å². The Morgan fingerprint density at radius 1 is 0.611 bits per heavy atom. The van der Waals surface area contributed by atoms with E-state index in [1.807, 2.05) is 38.1 Å². The first-order valence-corrected chi connectivity index (χ1v) is 14.4. The molecule has 0 aromatic heterocycles.